The van der Waals surface area contributed by atoms with E-state index in [-0.39, 0.29) is 10.5 Å². The number of hydrogen-bond acceptors (Lipinski definition) is 5. The van der Waals surface area contributed by atoms with Crippen molar-refractivity contribution in [1.29, 1.82) is 0 Å². The monoisotopic (exact) mass is 287 g/mol. The van der Waals surface area contributed by atoms with Crippen LogP contribution in [-0.2, 0) is 14.6 Å². The Labute approximate surface area is 111 Å². The van der Waals surface area contributed by atoms with Crippen molar-refractivity contribution >= 4 is 15.7 Å². The molecule has 1 aromatic carbocycles. The molecule has 0 aromatic heterocycles. The average molecular weight is 287 g/mol. The normalized spacial score (nSPS) is 15.2. The molecule has 0 saturated carbocycles. The Balaban J connectivity index is 3.18. The van der Waals surface area contributed by atoms with Crippen LogP contribution < -0.4 is 5.73 Å². The topological polar surface area (TPSA) is 118 Å². The van der Waals surface area contributed by atoms with Crippen molar-refractivity contribution in [3.05, 3.63) is 29.8 Å². The molecule has 2 unspecified atom stereocenters. The van der Waals surface area contributed by atoms with Gasteiger partial charge in [-0.1, -0.05) is 12.1 Å². The van der Waals surface area contributed by atoms with Crippen LogP contribution in [0.3, 0.4) is 0 Å². The molecular formula is C12H17NO5S. The van der Waals surface area contributed by atoms with Crippen LogP contribution in [0.5, 0.6) is 0 Å². The van der Waals surface area contributed by atoms with E-state index in [1.165, 1.54) is 38.1 Å². The molecule has 1 amide bonds. The van der Waals surface area contributed by atoms with Crippen LogP contribution in [0.2, 0.25) is 0 Å². The molecule has 1 aromatic rings. The molecule has 0 aliphatic heterocycles. The van der Waals surface area contributed by atoms with E-state index < -0.39 is 33.2 Å². The molecule has 0 fully saturated rings. The minimum Gasteiger partial charge on any atom is -0.385 e. The molecule has 106 valence electrons. The van der Waals surface area contributed by atoms with Gasteiger partial charge in [0.05, 0.1) is 10.1 Å². The average Bonchev–Trinajstić information content (AvgIpc) is 2.36. The number of sulfone groups is 1. The molecule has 0 aliphatic rings. The standard InChI is InChI=1S/C12H17NO5S/c1-7(2)19(17,18)9-5-3-4-8(6-9)10(14)11(15)12(13)16/h3-7,10-11,14-15H,1-2H3,(H2,13,16). The summed E-state index contributed by atoms with van der Waals surface area (Å²) in [5.74, 6) is -1.08. The van der Waals surface area contributed by atoms with Gasteiger partial charge in [-0.3, -0.25) is 4.79 Å². The number of aliphatic hydroxyl groups excluding tert-OH is 2. The number of carbonyl (C=O) groups excluding carboxylic acids is 1. The van der Waals surface area contributed by atoms with E-state index in [0.717, 1.165) is 0 Å². The van der Waals surface area contributed by atoms with E-state index in [2.05, 4.69) is 0 Å². The Hall–Kier alpha value is -1.44. The van der Waals surface area contributed by atoms with Crippen molar-refractivity contribution in [2.24, 2.45) is 5.73 Å². The van der Waals surface area contributed by atoms with Crippen molar-refractivity contribution in [1.82, 2.24) is 0 Å². The van der Waals surface area contributed by atoms with Gasteiger partial charge in [0.1, 0.15) is 6.10 Å². The first-order valence-corrected chi connectivity index (χ1v) is 7.22. The van der Waals surface area contributed by atoms with Gasteiger partial charge in [0.25, 0.3) is 0 Å². The first-order valence-electron chi connectivity index (χ1n) is 5.67. The zero-order valence-electron chi connectivity index (χ0n) is 10.6. The first-order chi connectivity index (χ1) is 8.67. The van der Waals surface area contributed by atoms with Crippen molar-refractivity contribution in [2.45, 2.75) is 36.2 Å². The summed E-state index contributed by atoms with van der Waals surface area (Å²) >= 11 is 0. The van der Waals surface area contributed by atoms with E-state index in [4.69, 9.17) is 5.73 Å². The quantitative estimate of drug-likeness (QED) is 0.690. The molecule has 19 heavy (non-hydrogen) atoms. The van der Waals surface area contributed by atoms with Crippen LogP contribution in [-0.4, -0.2) is 35.9 Å². The van der Waals surface area contributed by atoms with Crippen LogP contribution >= 0.6 is 0 Å². The van der Waals surface area contributed by atoms with Crippen molar-refractivity contribution in [3.63, 3.8) is 0 Å². The number of primary amides is 1. The van der Waals surface area contributed by atoms with Gasteiger partial charge >= 0.3 is 0 Å². The molecule has 2 atom stereocenters. The summed E-state index contributed by atoms with van der Waals surface area (Å²) in [4.78, 5) is 10.8. The highest BCUT2D eigenvalue weighted by molar-refractivity contribution is 7.92. The van der Waals surface area contributed by atoms with Crippen molar-refractivity contribution in [3.8, 4) is 0 Å². The highest BCUT2D eigenvalue weighted by Gasteiger charge is 2.25. The maximum Gasteiger partial charge on any atom is 0.249 e. The van der Waals surface area contributed by atoms with Gasteiger partial charge in [-0.2, -0.15) is 0 Å². The fourth-order valence-electron chi connectivity index (χ4n) is 1.49. The second-order valence-corrected chi connectivity index (χ2v) is 6.96. The summed E-state index contributed by atoms with van der Waals surface area (Å²) in [7, 11) is -3.49. The number of benzene rings is 1. The Morgan fingerprint density at radius 1 is 1.26 bits per heavy atom. The predicted molar refractivity (Wildman–Crippen MR) is 68.9 cm³/mol. The predicted octanol–water partition coefficient (Wildman–Crippen LogP) is -0.252. The lowest BCUT2D eigenvalue weighted by Gasteiger charge is -2.16. The van der Waals surface area contributed by atoms with Crippen LogP contribution in [0, 0.1) is 0 Å². The van der Waals surface area contributed by atoms with Gasteiger partial charge in [0, 0.05) is 0 Å². The molecule has 6 nitrogen and oxygen atoms in total. The minimum absolute atomic E-state index is 0.0238. The largest absolute Gasteiger partial charge is 0.385 e. The lowest BCUT2D eigenvalue weighted by molar-refractivity contribution is -0.131. The third-order valence-corrected chi connectivity index (χ3v) is 4.89. The summed E-state index contributed by atoms with van der Waals surface area (Å²) in [5.41, 5.74) is 5.00. The summed E-state index contributed by atoms with van der Waals surface area (Å²) in [6.07, 6.45) is -3.34. The lowest BCUT2D eigenvalue weighted by atomic mass is 10.0. The Bertz CT molecular complexity index is 567. The second kappa shape index (κ2) is 5.68. The van der Waals surface area contributed by atoms with E-state index in [1.54, 1.807) is 0 Å². The smallest absolute Gasteiger partial charge is 0.249 e. The Morgan fingerprint density at radius 2 is 1.84 bits per heavy atom. The van der Waals surface area contributed by atoms with Crippen molar-refractivity contribution in [2.75, 3.05) is 0 Å². The third kappa shape index (κ3) is 3.31. The Morgan fingerprint density at radius 3 is 2.32 bits per heavy atom. The summed E-state index contributed by atoms with van der Waals surface area (Å²) in [6.45, 7) is 3.08. The first kappa shape index (κ1) is 15.6. The molecule has 4 N–H and O–H groups in total. The fraction of sp³-hybridized carbons (Fsp3) is 0.417. The van der Waals surface area contributed by atoms with Gasteiger partial charge in [-0.25, -0.2) is 8.42 Å². The second-order valence-electron chi connectivity index (χ2n) is 4.46. The maximum atomic E-state index is 12.0. The highest BCUT2D eigenvalue weighted by atomic mass is 32.2. The van der Waals surface area contributed by atoms with E-state index in [0.29, 0.717) is 0 Å². The van der Waals surface area contributed by atoms with E-state index in [1.807, 2.05) is 0 Å². The molecule has 1 rings (SSSR count). The molecule has 0 bridgehead atoms. The van der Waals surface area contributed by atoms with Gasteiger partial charge in [0.15, 0.2) is 15.9 Å². The van der Waals surface area contributed by atoms with Crippen LogP contribution in [0.25, 0.3) is 0 Å². The van der Waals surface area contributed by atoms with E-state index >= 15 is 0 Å². The number of nitrogens with two attached hydrogens (primary N) is 1. The van der Waals surface area contributed by atoms with Crippen LogP contribution in [0.15, 0.2) is 29.2 Å². The maximum absolute atomic E-state index is 12.0. The number of hydrogen-bond donors (Lipinski definition) is 3. The summed E-state index contributed by atoms with van der Waals surface area (Å²) in [6, 6.07) is 5.46. The zero-order chi connectivity index (χ0) is 14.8. The fourth-order valence-corrected chi connectivity index (χ4v) is 2.60. The third-order valence-electron chi connectivity index (χ3n) is 2.74. The van der Waals surface area contributed by atoms with E-state index in [9.17, 15) is 23.4 Å². The molecule has 0 heterocycles. The zero-order valence-corrected chi connectivity index (χ0v) is 11.5. The van der Waals surface area contributed by atoms with Crippen LogP contribution in [0.1, 0.15) is 25.5 Å². The summed E-state index contributed by atoms with van der Waals surface area (Å²) in [5, 5.41) is 18.5. The van der Waals surface area contributed by atoms with Gasteiger partial charge in [-0.05, 0) is 31.5 Å². The molecule has 7 heteroatoms. The summed E-state index contributed by atoms with van der Waals surface area (Å²) < 4.78 is 23.9. The molecule has 0 radical (unpaired) electrons. The molecule has 0 aliphatic carbocycles. The van der Waals surface area contributed by atoms with Gasteiger partial charge in [0.2, 0.25) is 5.91 Å². The highest BCUT2D eigenvalue weighted by Crippen LogP contribution is 2.22. The number of carbonyl (C=O) groups is 1. The molecular weight excluding hydrogens is 270 g/mol. The minimum atomic E-state index is -3.49. The lowest BCUT2D eigenvalue weighted by Crippen LogP contribution is -2.33. The SMILES string of the molecule is CC(C)S(=O)(=O)c1cccc(C(O)C(O)C(N)=O)c1. The van der Waals surface area contributed by atoms with Gasteiger partial charge < -0.3 is 15.9 Å². The number of rotatable bonds is 5. The van der Waals surface area contributed by atoms with Crippen molar-refractivity contribution < 1.29 is 23.4 Å². The van der Waals surface area contributed by atoms with Gasteiger partial charge in [-0.15, -0.1) is 0 Å². The Kier molecular flexibility index (Phi) is 4.67. The van der Waals surface area contributed by atoms with Crippen LogP contribution in [0.4, 0.5) is 0 Å². The molecule has 0 spiro atoms. The number of amides is 1. The molecule has 0 saturated heterocycles. The number of aliphatic hydroxyl groups is 2.